The standard InChI is InChI=1S/C22H23F3N4O2/c1-12-4-6-14(7-5-12)13(2)26-17(30)11-31-18-10-16(22(23,24)25)19-20(15-8-9-15)28-29(3)21(19)27-18/h4-7,10,13,15H,8-9,11H2,1-3H3,(H,26,30). The van der Waals surface area contributed by atoms with Crippen LogP contribution in [0, 0.1) is 6.92 Å². The Bertz CT molecular complexity index is 1120. The van der Waals surface area contributed by atoms with Crippen LogP contribution in [0.5, 0.6) is 5.88 Å². The number of aromatic nitrogens is 3. The summed E-state index contributed by atoms with van der Waals surface area (Å²) in [6.45, 7) is 3.35. The number of alkyl halides is 3. The number of carbonyl (C=O) groups excluding carboxylic acids is 1. The normalized spacial score (nSPS) is 15.2. The van der Waals surface area contributed by atoms with Gasteiger partial charge in [0.1, 0.15) is 0 Å². The van der Waals surface area contributed by atoms with Crippen molar-refractivity contribution in [1.29, 1.82) is 0 Å². The van der Waals surface area contributed by atoms with E-state index in [-0.39, 0.29) is 28.9 Å². The molecule has 1 fully saturated rings. The predicted octanol–water partition coefficient (Wildman–Crippen LogP) is 4.43. The third-order valence-electron chi connectivity index (χ3n) is 5.37. The summed E-state index contributed by atoms with van der Waals surface area (Å²) >= 11 is 0. The zero-order valence-corrected chi connectivity index (χ0v) is 17.5. The van der Waals surface area contributed by atoms with Gasteiger partial charge in [0.05, 0.1) is 22.7 Å². The first-order chi connectivity index (χ1) is 14.6. The Balaban J connectivity index is 1.52. The van der Waals surface area contributed by atoms with Crippen molar-refractivity contribution in [2.24, 2.45) is 7.05 Å². The van der Waals surface area contributed by atoms with E-state index in [9.17, 15) is 18.0 Å². The molecule has 2 aromatic heterocycles. The highest BCUT2D eigenvalue weighted by Gasteiger charge is 2.39. The Morgan fingerprint density at radius 3 is 2.58 bits per heavy atom. The largest absolute Gasteiger partial charge is 0.467 e. The first kappa shape index (κ1) is 21.1. The van der Waals surface area contributed by atoms with Crippen LogP contribution in [0.25, 0.3) is 11.0 Å². The molecule has 1 unspecified atom stereocenters. The number of fused-ring (bicyclic) bond motifs is 1. The van der Waals surface area contributed by atoms with Crippen molar-refractivity contribution in [3.63, 3.8) is 0 Å². The molecule has 0 radical (unpaired) electrons. The molecule has 31 heavy (non-hydrogen) atoms. The van der Waals surface area contributed by atoms with Crippen LogP contribution in [0.4, 0.5) is 13.2 Å². The molecule has 1 N–H and O–H groups in total. The second kappa shape index (κ2) is 7.86. The van der Waals surface area contributed by atoms with Gasteiger partial charge >= 0.3 is 6.18 Å². The average molecular weight is 432 g/mol. The van der Waals surface area contributed by atoms with E-state index in [1.54, 1.807) is 7.05 Å². The van der Waals surface area contributed by atoms with E-state index in [2.05, 4.69) is 15.4 Å². The highest BCUT2D eigenvalue weighted by atomic mass is 19.4. The van der Waals surface area contributed by atoms with E-state index in [1.165, 1.54) is 4.68 Å². The van der Waals surface area contributed by atoms with Gasteiger partial charge in [-0.15, -0.1) is 0 Å². The molecule has 0 aliphatic heterocycles. The van der Waals surface area contributed by atoms with Gasteiger partial charge in [-0.05, 0) is 32.3 Å². The van der Waals surface area contributed by atoms with Crippen molar-refractivity contribution in [3.8, 4) is 5.88 Å². The summed E-state index contributed by atoms with van der Waals surface area (Å²) in [5.74, 6) is -0.678. The van der Waals surface area contributed by atoms with E-state index in [4.69, 9.17) is 4.74 Å². The highest BCUT2D eigenvalue weighted by molar-refractivity contribution is 5.84. The minimum atomic E-state index is -4.59. The smallest absolute Gasteiger partial charge is 0.417 e. The topological polar surface area (TPSA) is 69.0 Å². The van der Waals surface area contributed by atoms with Gasteiger partial charge in [-0.25, -0.2) is 0 Å². The van der Waals surface area contributed by atoms with E-state index in [0.717, 1.165) is 30.0 Å². The van der Waals surface area contributed by atoms with Crippen molar-refractivity contribution in [3.05, 3.63) is 52.7 Å². The van der Waals surface area contributed by atoms with E-state index < -0.39 is 24.3 Å². The zero-order chi connectivity index (χ0) is 22.3. The van der Waals surface area contributed by atoms with Gasteiger partial charge in [-0.3, -0.25) is 9.48 Å². The first-order valence-corrected chi connectivity index (χ1v) is 10.1. The van der Waals surface area contributed by atoms with Crippen LogP contribution in [-0.4, -0.2) is 27.3 Å². The summed E-state index contributed by atoms with van der Waals surface area (Å²) in [5.41, 5.74) is 1.71. The molecule has 1 saturated carbocycles. The molecule has 6 nitrogen and oxygen atoms in total. The fourth-order valence-electron chi connectivity index (χ4n) is 3.56. The number of benzene rings is 1. The van der Waals surface area contributed by atoms with Crippen LogP contribution in [0.15, 0.2) is 30.3 Å². The van der Waals surface area contributed by atoms with Crippen molar-refractivity contribution in [2.45, 2.75) is 44.8 Å². The number of nitrogens with one attached hydrogen (secondary N) is 1. The lowest BCUT2D eigenvalue weighted by molar-refractivity contribution is -0.136. The lowest BCUT2D eigenvalue weighted by atomic mass is 10.1. The van der Waals surface area contributed by atoms with Crippen molar-refractivity contribution >= 4 is 16.9 Å². The molecule has 0 bridgehead atoms. The maximum absolute atomic E-state index is 13.8. The minimum Gasteiger partial charge on any atom is -0.467 e. The van der Waals surface area contributed by atoms with Crippen LogP contribution in [-0.2, 0) is 18.0 Å². The zero-order valence-electron chi connectivity index (χ0n) is 17.5. The molecule has 9 heteroatoms. The molecule has 2 heterocycles. The maximum atomic E-state index is 13.8. The second-order valence-corrected chi connectivity index (χ2v) is 7.98. The third-order valence-corrected chi connectivity index (χ3v) is 5.37. The van der Waals surface area contributed by atoms with Crippen LogP contribution >= 0.6 is 0 Å². The average Bonchev–Trinajstić information content (AvgIpc) is 3.50. The number of amides is 1. The maximum Gasteiger partial charge on any atom is 0.417 e. The Hall–Kier alpha value is -3.10. The molecular formula is C22H23F3N4O2. The number of halogens is 3. The Morgan fingerprint density at radius 2 is 1.97 bits per heavy atom. The highest BCUT2D eigenvalue weighted by Crippen LogP contribution is 2.46. The summed E-state index contributed by atoms with van der Waals surface area (Å²) in [6, 6.07) is 8.28. The fourth-order valence-corrected chi connectivity index (χ4v) is 3.56. The monoisotopic (exact) mass is 432 g/mol. The molecule has 1 aliphatic rings. The molecule has 1 aromatic carbocycles. The van der Waals surface area contributed by atoms with E-state index in [0.29, 0.717) is 5.69 Å². The van der Waals surface area contributed by atoms with Gasteiger partial charge in [-0.2, -0.15) is 23.3 Å². The lowest BCUT2D eigenvalue weighted by Crippen LogP contribution is -2.31. The Labute approximate surface area is 177 Å². The molecule has 1 aliphatic carbocycles. The number of ether oxygens (including phenoxy) is 1. The van der Waals surface area contributed by atoms with Crippen LogP contribution in [0.2, 0.25) is 0 Å². The molecule has 3 aromatic rings. The van der Waals surface area contributed by atoms with Crippen LogP contribution < -0.4 is 10.1 Å². The predicted molar refractivity (Wildman–Crippen MR) is 109 cm³/mol. The summed E-state index contributed by atoms with van der Waals surface area (Å²) in [6.07, 6.45) is -2.95. The number of pyridine rings is 1. The minimum absolute atomic E-state index is 0.0160. The molecule has 0 spiro atoms. The molecule has 164 valence electrons. The second-order valence-electron chi connectivity index (χ2n) is 7.98. The SMILES string of the molecule is Cc1ccc(C(C)NC(=O)COc2cc(C(F)(F)F)c3c(C4CC4)nn(C)c3n2)cc1. The number of aryl methyl sites for hydroxylation is 2. The Morgan fingerprint density at radius 1 is 1.29 bits per heavy atom. The number of hydrogen-bond acceptors (Lipinski definition) is 4. The van der Waals surface area contributed by atoms with Crippen molar-refractivity contribution in [1.82, 2.24) is 20.1 Å². The number of nitrogens with zero attached hydrogens (tertiary/aromatic N) is 3. The third kappa shape index (κ3) is 4.50. The van der Waals surface area contributed by atoms with Gasteiger partial charge in [0, 0.05) is 19.0 Å². The Kier molecular flexibility index (Phi) is 5.36. The van der Waals surface area contributed by atoms with E-state index in [1.807, 2.05) is 38.1 Å². The van der Waals surface area contributed by atoms with Gasteiger partial charge in [0.15, 0.2) is 12.3 Å². The summed E-state index contributed by atoms with van der Waals surface area (Å²) in [5, 5.41) is 7.05. The molecule has 0 saturated heterocycles. The summed E-state index contributed by atoms with van der Waals surface area (Å²) < 4.78 is 48.0. The van der Waals surface area contributed by atoms with Gasteiger partial charge in [-0.1, -0.05) is 29.8 Å². The fraction of sp³-hybridized carbons (Fsp3) is 0.409. The lowest BCUT2D eigenvalue weighted by Gasteiger charge is -2.15. The molecule has 1 atom stereocenters. The number of rotatable bonds is 6. The van der Waals surface area contributed by atoms with Gasteiger partial charge < -0.3 is 10.1 Å². The number of hydrogen-bond donors (Lipinski definition) is 1. The van der Waals surface area contributed by atoms with E-state index >= 15 is 0 Å². The summed E-state index contributed by atoms with van der Waals surface area (Å²) in [7, 11) is 1.56. The molecule has 1 amide bonds. The van der Waals surface area contributed by atoms with Crippen molar-refractivity contribution < 1.29 is 22.7 Å². The summed E-state index contributed by atoms with van der Waals surface area (Å²) in [4.78, 5) is 16.5. The first-order valence-electron chi connectivity index (χ1n) is 10.1. The molecule has 4 rings (SSSR count). The van der Waals surface area contributed by atoms with Gasteiger partial charge in [0.25, 0.3) is 5.91 Å². The van der Waals surface area contributed by atoms with Crippen LogP contribution in [0.1, 0.15) is 54.1 Å². The molecular weight excluding hydrogens is 409 g/mol. The quantitative estimate of drug-likeness (QED) is 0.626. The number of carbonyl (C=O) groups is 1. The van der Waals surface area contributed by atoms with Gasteiger partial charge in [0.2, 0.25) is 5.88 Å². The van der Waals surface area contributed by atoms with Crippen molar-refractivity contribution in [2.75, 3.05) is 6.61 Å². The van der Waals surface area contributed by atoms with Crippen LogP contribution in [0.3, 0.4) is 0 Å².